The number of ether oxygens (including phenoxy) is 3. The van der Waals surface area contributed by atoms with Crippen molar-refractivity contribution in [2.75, 3.05) is 13.7 Å². The molecule has 0 spiro atoms. The van der Waals surface area contributed by atoms with Crippen LogP contribution in [0.4, 0.5) is 5.69 Å². The Hall–Kier alpha value is -3.09. The number of esters is 1. The van der Waals surface area contributed by atoms with Gasteiger partial charge in [0.05, 0.1) is 12.0 Å². The van der Waals surface area contributed by atoms with E-state index in [2.05, 4.69) is 0 Å². The molecule has 0 aromatic heterocycles. The van der Waals surface area contributed by atoms with Crippen molar-refractivity contribution in [1.82, 2.24) is 0 Å². The van der Waals surface area contributed by atoms with Gasteiger partial charge in [0.25, 0.3) is 5.69 Å². The summed E-state index contributed by atoms with van der Waals surface area (Å²) < 4.78 is 15.4. The Labute approximate surface area is 132 Å². The van der Waals surface area contributed by atoms with Gasteiger partial charge in [-0.25, -0.2) is 4.79 Å². The van der Waals surface area contributed by atoms with E-state index >= 15 is 0 Å². The first-order valence-corrected chi connectivity index (χ1v) is 6.72. The highest BCUT2D eigenvalue weighted by atomic mass is 16.6. The third kappa shape index (κ3) is 4.44. The summed E-state index contributed by atoms with van der Waals surface area (Å²) in [6, 6.07) is 10.8. The van der Waals surface area contributed by atoms with Gasteiger partial charge in [0.2, 0.25) is 0 Å². The zero-order valence-electron chi connectivity index (χ0n) is 12.6. The van der Waals surface area contributed by atoms with Crippen LogP contribution in [0.2, 0.25) is 0 Å². The first-order chi connectivity index (χ1) is 11.0. The van der Waals surface area contributed by atoms with Gasteiger partial charge in [-0.05, 0) is 43.3 Å². The molecule has 0 radical (unpaired) electrons. The molecule has 0 unspecified atom stereocenters. The van der Waals surface area contributed by atoms with E-state index in [-0.39, 0.29) is 12.3 Å². The molecule has 0 saturated heterocycles. The van der Waals surface area contributed by atoms with Crippen molar-refractivity contribution in [1.29, 1.82) is 0 Å². The van der Waals surface area contributed by atoms with Crippen molar-refractivity contribution in [2.24, 2.45) is 0 Å². The van der Waals surface area contributed by atoms with Crippen LogP contribution >= 0.6 is 0 Å². The molecule has 0 fully saturated rings. The van der Waals surface area contributed by atoms with E-state index < -0.39 is 10.9 Å². The monoisotopic (exact) mass is 317 g/mol. The fraction of sp³-hybridized carbons (Fsp3) is 0.188. The van der Waals surface area contributed by atoms with Crippen LogP contribution in [-0.4, -0.2) is 24.6 Å². The molecule has 0 aliphatic carbocycles. The molecule has 2 aromatic rings. The molecule has 2 aromatic carbocycles. The predicted molar refractivity (Wildman–Crippen MR) is 82.0 cm³/mol. The standard InChI is InChI=1S/C16H15NO6/c1-11-9-14(7-8-15(11)17(19)20)22-10-16(18)23-13-5-3-12(21-2)4-6-13/h3-9H,10H2,1-2H3. The normalized spacial score (nSPS) is 10.0. The maximum Gasteiger partial charge on any atom is 0.349 e. The maximum absolute atomic E-state index is 11.7. The lowest BCUT2D eigenvalue weighted by atomic mass is 10.2. The molecule has 0 heterocycles. The third-order valence-electron chi connectivity index (χ3n) is 3.01. The van der Waals surface area contributed by atoms with Crippen LogP contribution in [0.25, 0.3) is 0 Å². The molecule has 7 heteroatoms. The molecule has 0 bridgehead atoms. The fourth-order valence-electron chi connectivity index (χ4n) is 1.87. The second-order valence-corrected chi connectivity index (χ2v) is 4.64. The topological polar surface area (TPSA) is 87.9 Å². The van der Waals surface area contributed by atoms with Gasteiger partial charge in [0.1, 0.15) is 17.2 Å². The highest BCUT2D eigenvalue weighted by Gasteiger charge is 2.12. The minimum absolute atomic E-state index is 0.00170. The second kappa shape index (κ2) is 7.26. The number of nitro groups is 1. The number of aryl methyl sites for hydroxylation is 1. The molecule has 0 aliphatic rings. The van der Waals surface area contributed by atoms with E-state index in [9.17, 15) is 14.9 Å². The number of hydrogen-bond donors (Lipinski definition) is 0. The van der Waals surface area contributed by atoms with Crippen LogP contribution < -0.4 is 14.2 Å². The number of hydrogen-bond acceptors (Lipinski definition) is 6. The lowest BCUT2D eigenvalue weighted by Crippen LogP contribution is -2.17. The van der Waals surface area contributed by atoms with E-state index in [4.69, 9.17) is 14.2 Å². The molecule has 2 rings (SSSR count). The van der Waals surface area contributed by atoms with Gasteiger partial charge in [-0.1, -0.05) is 0 Å². The number of carbonyl (C=O) groups excluding carboxylic acids is 1. The lowest BCUT2D eigenvalue weighted by Gasteiger charge is -2.08. The maximum atomic E-state index is 11.7. The van der Waals surface area contributed by atoms with Gasteiger partial charge in [-0.15, -0.1) is 0 Å². The SMILES string of the molecule is COc1ccc(OC(=O)COc2ccc([N+](=O)[O-])c(C)c2)cc1. The number of benzene rings is 2. The van der Waals surface area contributed by atoms with E-state index in [0.29, 0.717) is 22.8 Å². The van der Waals surface area contributed by atoms with E-state index in [1.54, 1.807) is 38.3 Å². The molecular formula is C16H15NO6. The number of carbonyl (C=O) groups is 1. The molecule has 0 N–H and O–H groups in total. The van der Waals surface area contributed by atoms with Gasteiger partial charge in [-0.2, -0.15) is 0 Å². The van der Waals surface area contributed by atoms with Gasteiger partial charge in [0.15, 0.2) is 6.61 Å². The summed E-state index contributed by atoms with van der Waals surface area (Å²) in [5.74, 6) is 0.813. The summed E-state index contributed by atoms with van der Waals surface area (Å²) in [5, 5.41) is 10.7. The number of methoxy groups -OCH3 is 1. The highest BCUT2D eigenvalue weighted by molar-refractivity contribution is 5.74. The zero-order valence-corrected chi connectivity index (χ0v) is 12.6. The number of nitrogens with zero attached hydrogens (tertiary/aromatic N) is 1. The molecular weight excluding hydrogens is 302 g/mol. The summed E-state index contributed by atoms with van der Waals surface area (Å²) in [6.07, 6.45) is 0. The number of nitro benzene ring substituents is 1. The highest BCUT2D eigenvalue weighted by Crippen LogP contribution is 2.23. The van der Waals surface area contributed by atoms with Crippen LogP contribution in [0.15, 0.2) is 42.5 Å². The van der Waals surface area contributed by atoms with Crippen LogP contribution in [0.3, 0.4) is 0 Å². The molecule has 120 valence electrons. The summed E-state index contributed by atoms with van der Waals surface area (Å²) in [7, 11) is 1.54. The van der Waals surface area contributed by atoms with E-state index in [1.807, 2.05) is 0 Å². The van der Waals surface area contributed by atoms with Gasteiger partial charge < -0.3 is 14.2 Å². The summed E-state index contributed by atoms with van der Waals surface area (Å²) in [5.41, 5.74) is 0.453. The van der Waals surface area contributed by atoms with Crippen molar-refractivity contribution in [3.05, 3.63) is 58.1 Å². The Morgan fingerprint density at radius 3 is 2.26 bits per heavy atom. The minimum atomic E-state index is -0.578. The molecule has 7 nitrogen and oxygen atoms in total. The first kappa shape index (κ1) is 16.3. The van der Waals surface area contributed by atoms with Crippen LogP contribution in [0.5, 0.6) is 17.2 Å². The van der Waals surface area contributed by atoms with Crippen LogP contribution in [0.1, 0.15) is 5.56 Å². The molecule has 0 aliphatic heterocycles. The molecule has 0 atom stereocenters. The summed E-state index contributed by atoms with van der Waals surface area (Å²) in [6.45, 7) is 1.30. The smallest absolute Gasteiger partial charge is 0.349 e. The van der Waals surface area contributed by atoms with Crippen molar-refractivity contribution in [2.45, 2.75) is 6.92 Å². The Morgan fingerprint density at radius 2 is 1.70 bits per heavy atom. The van der Waals surface area contributed by atoms with Gasteiger partial charge in [0, 0.05) is 11.6 Å². The van der Waals surface area contributed by atoms with Crippen molar-refractivity contribution >= 4 is 11.7 Å². The van der Waals surface area contributed by atoms with Crippen molar-refractivity contribution in [3.63, 3.8) is 0 Å². The third-order valence-corrected chi connectivity index (χ3v) is 3.01. The Kier molecular flexibility index (Phi) is 5.14. The van der Waals surface area contributed by atoms with Crippen molar-refractivity contribution in [3.8, 4) is 17.2 Å². The average Bonchev–Trinajstić information content (AvgIpc) is 2.53. The van der Waals surface area contributed by atoms with Crippen molar-refractivity contribution < 1.29 is 23.9 Å². The van der Waals surface area contributed by atoms with Gasteiger partial charge in [-0.3, -0.25) is 10.1 Å². The largest absolute Gasteiger partial charge is 0.497 e. The van der Waals surface area contributed by atoms with E-state index in [0.717, 1.165) is 0 Å². The lowest BCUT2D eigenvalue weighted by molar-refractivity contribution is -0.385. The van der Waals surface area contributed by atoms with E-state index in [1.165, 1.54) is 18.2 Å². The minimum Gasteiger partial charge on any atom is -0.497 e. The van der Waals surface area contributed by atoms with Gasteiger partial charge >= 0.3 is 5.97 Å². The second-order valence-electron chi connectivity index (χ2n) is 4.64. The summed E-state index contributed by atoms with van der Waals surface area (Å²) in [4.78, 5) is 22.0. The Bertz CT molecular complexity index is 711. The first-order valence-electron chi connectivity index (χ1n) is 6.72. The molecule has 0 saturated carbocycles. The zero-order chi connectivity index (χ0) is 16.8. The quantitative estimate of drug-likeness (QED) is 0.352. The number of rotatable bonds is 6. The molecule has 0 amide bonds. The molecule has 23 heavy (non-hydrogen) atoms. The predicted octanol–water partition coefficient (Wildman–Crippen LogP) is 2.90. The van der Waals surface area contributed by atoms with Crippen LogP contribution in [-0.2, 0) is 4.79 Å². The Balaban J connectivity index is 1.91. The Morgan fingerprint density at radius 1 is 1.09 bits per heavy atom. The summed E-state index contributed by atoms with van der Waals surface area (Å²) >= 11 is 0. The van der Waals surface area contributed by atoms with Crippen LogP contribution in [0, 0.1) is 17.0 Å². The average molecular weight is 317 g/mol. The fourth-order valence-corrected chi connectivity index (χ4v) is 1.87.